The number of carbonyl (C=O) groups excluding carboxylic acids is 2. The number of phenols is 2. The number of hydroxylamine groups is 1. The second kappa shape index (κ2) is 13.9. The van der Waals surface area contributed by atoms with Crippen LogP contribution in [0.15, 0.2) is 36.1 Å². The van der Waals surface area contributed by atoms with Gasteiger partial charge in [0.1, 0.15) is 23.2 Å². The van der Waals surface area contributed by atoms with E-state index in [9.17, 15) is 19.8 Å². The quantitative estimate of drug-likeness (QED) is 0.268. The van der Waals surface area contributed by atoms with Gasteiger partial charge in [-0.15, -0.1) is 0 Å². The zero-order valence-electron chi connectivity index (χ0n) is 20.7. The van der Waals surface area contributed by atoms with E-state index in [0.29, 0.717) is 18.5 Å². The number of nitrogens with zero attached hydrogens (tertiary/aromatic N) is 1. The first kappa shape index (κ1) is 27.6. The number of fused-ring (bicyclic) bond motifs is 1. The number of hydrogen-bond acceptors (Lipinski definition) is 7. The summed E-state index contributed by atoms with van der Waals surface area (Å²) in [6.45, 7) is 3.28. The van der Waals surface area contributed by atoms with E-state index in [-0.39, 0.29) is 40.5 Å². The topological polar surface area (TPSA) is 108 Å². The van der Waals surface area contributed by atoms with Crippen LogP contribution in [0.3, 0.4) is 0 Å². The first-order valence-corrected chi connectivity index (χ1v) is 12.9. The maximum atomic E-state index is 13.1. The molecule has 0 saturated carbocycles. The minimum atomic E-state index is -0.742. The molecule has 1 fully saturated rings. The van der Waals surface area contributed by atoms with Gasteiger partial charge >= 0.3 is 5.97 Å². The number of cyclic esters (lactones) is 1. The number of halogens is 1. The number of esters is 1. The Bertz CT molecular complexity index is 1010. The lowest BCUT2D eigenvalue weighted by molar-refractivity contribution is -0.139. The lowest BCUT2D eigenvalue weighted by Gasteiger charge is -2.26. The van der Waals surface area contributed by atoms with Gasteiger partial charge in [0.2, 0.25) is 0 Å². The van der Waals surface area contributed by atoms with E-state index in [1.807, 2.05) is 25.2 Å². The van der Waals surface area contributed by atoms with Crippen molar-refractivity contribution in [3.05, 3.63) is 52.2 Å². The van der Waals surface area contributed by atoms with Crippen LogP contribution in [0.4, 0.5) is 0 Å². The molecule has 0 radical (unpaired) electrons. The highest BCUT2D eigenvalue weighted by Gasteiger charge is 2.25. The van der Waals surface area contributed by atoms with Crippen LogP contribution in [0.5, 0.6) is 11.5 Å². The fraction of sp³-hybridized carbons (Fsp3) is 0.481. The van der Waals surface area contributed by atoms with Crippen molar-refractivity contribution < 1.29 is 29.4 Å². The van der Waals surface area contributed by atoms with E-state index >= 15 is 0 Å². The summed E-state index contributed by atoms with van der Waals surface area (Å²) in [6.07, 6.45) is 15.5. The minimum Gasteiger partial charge on any atom is -0.507 e. The van der Waals surface area contributed by atoms with Crippen LogP contribution >= 0.6 is 11.6 Å². The number of ether oxygens (including phenoxy) is 1. The standard InChI is InChI=1S/C27H35ClN2O6/c1-2-11-20-13-8-5-3-4-7-12-19(29-35-18-24(33)30-14-9-6-10-15-30)16-21-25(27(34)36-20)22(31)17-23(32)26(21)28/h5,7-8,12,16-17,20,29,31-32H,2-4,6,9-11,13-15,18H2,1H3/b8-5?,12-7?,19-16-. The van der Waals surface area contributed by atoms with Gasteiger partial charge in [0.15, 0.2) is 6.61 Å². The zero-order chi connectivity index (χ0) is 25.9. The van der Waals surface area contributed by atoms with Crippen LogP contribution in [0.2, 0.25) is 5.02 Å². The summed E-state index contributed by atoms with van der Waals surface area (Å²) in [4.78, 5) is 32.9. The second-order valence-electron chi connectivity index (χ2n) is 8.95. The number of piperidine rings is 1. The largest absolute Gasteiger partial charge is 0.507 e. The smallest absolute Gasteiger partial charge is 0.342 e. The highest BCUT2D eigenvalue weighted by Crippen LogP contribution is 2.38. The van der Waals surface area contributed by atoms with Crippen LogP contribution in [0, 0.1) is 0 Å². The number of rotatable bonds is 6. The van der Waals surface area contributed by atoms with Gasteiger partial charge in [0.05, 0.1) is 10.7 Å². The average Bonchev–Trinajstić information content (AvgIpc) is 2.86. The molecule has 9 heteroatoms. The van der Waals surface area contributed by atoms with Crippen LogP contribution < -0.4 is 5.48 Å². The van der Waals surface area contributed by atoms with Crippen molar-refractivity contribution in [3.63, 3.8) is 0 Å². The second-order valence-corrected chi connectivity index (χ2v) is 9.33. The molecule has 1 amide bonds. The normalized spacial score (nSPS) is 20.6. The SMILES string of the molecule is CCCC1CC=CCCC=C/C(NOCC(=O)N2CCCCC2)=C/c2c(Cl)c(O)cc(O)c2C(=O)O1. The third kappa shape index (κ3) is 7.77. The lowest BCUT2D eigenvalue weighted by atomic mass is 10.0. The molecule has 0 aromatic heterocycles. The number of nitrogens with one attached hydrogen (secondary N) is 1. The third-order valence-electron chi connectivity index (χ3n) is 6.11. The minimum absolute atomic E-state index is 0.0834. The Morgan fingerprint density at radius 2 is 1.92 bits per heavy atom. The summed E-state index contributed by atoms with van der Waals surface area (Å²) in [5.74, 6) is -1.68. The van der Waals surface area contributed by atoms with Crippen molar-refractivity contribution in [2.45, 2.75) is 64.4 Å². The Morgan fingerprint density at radius 1 is 1.17 bits per heavy atom. The first-order valence-electron chi connectivity index (χ1n) is 12.5. The highest BCUT2D eigenvalue weighted by atomic mass is 35.5. The summed E-state index contributed by atoms with van der Waals surface area (Å²) in [6, 6.07) is 1.02. The number of allylic oxidation sites excluding steroid dienone is 3. The van der Waals surface area contributed by atoms with E-state index in [2.05, 4.69) is 5.48 Å². The molecule has 1 unspecified atom stereocenters. The number of benzene rings is 1. The lowest BCUT2D eigenvalue weighted by Crippen LogP contribution is -2.39. The van der Waals surface area contributed by atoms with Gasteiger partial charge in [-0.25, -0.2) is 4.79 Å². The Labute approximate surface area is 217 Å². The van der Waals surface area contributed by atoms with Gasteiger partial charge in [-0.2, -0.15) is 0 Å². The molecule has 1 aromatic rings. The molecule has 0 bridgehead atoms. The maximum Gasteiger partial charge on any atom is 0.342 e. The molecule has 8 nitrogen and oxygen atoms in total. The van der Waals surface area contributed by atoms with E-state index in [1.54, 1.807) is 11.0 Å². The van der Waals surface area contributed by atoms with Gasteiger partial charge in [-0.1, -0.05) is 43.2 Å². The van der Waals surface area contributed by atoms with E-state index in [0.717, 1.165) is 57.7 Å². The molecule has 2 heterocycles. The van der Waals surface area contributed by atoms with Crippen molar-refractivity contribution in [3.8, 4) is 11.5 Å². The van der Waals surface area contributed by atoms with Crippen molar-refractivity contribution in [1.82, 2.24) is 10.4 Å². The number of aromatic hydroxyl groups is 2. The molecule has 196 valence electrons. The molecule has 0 spiro atoms. The summed E-state index contributed by atoms with van der Waals surface area (Å²) < 4.78 is 5.71. The fourth-order valence-corrected chi connectivity index (χ4v) is 4.41. The number of likely N-dealkylation sites (tertiary alicyclic amines) is 1. The molecule has 2 aliphatic rings. The van der Waals surface area contributed by atoms with Crippen LogP contribution in [0.1, 0.15) is 74.2 Å². The van der Waals surface area contributed by atoms with Crippen molar-refractivity contribution in [1.29, 1.82) is 0 Å². The van der Waals surface area contributed by atoms with Crippen LogP contribution in [-0.2, 0) is 14.4 Å². The third-order valence-corrected chi connectivity index (χ3v) is 6.50. The van der Waals surface area contributed by atoms with E-state index in [4.69, 9.17) is 21.2 Å². The summed E-state index contributed by atoms with van der Waals surface area (Å²) in [7, 11) is 0. The fourth-order valence-electron chi connectivity index (χ4n) is 4.21. The van der Waals surface area contributed by atoms with Gasteiger partial charge in [0, 0.05) is 31.1 Å². The van der Waals surface area contributed by atoms with Gasteiger partial charge < -0.3 is 19.8 Å². The average molecular weight is 519 g/mol. The zero-order valence-corrected chi connectivity index (χ0v) is 21.4. The van der Waals surface area contributed by atoms with Crippen LogP contribution in [-0.4, -0.2) is 52.8 Å². The molecular formula is C27H35ClN2O6. The van der Waals surface area contributed by atoms with Gasteiger partial charge in [-0.3, -0.25) is 15.1 Å². The number of carbonyl (C=O) groups is 2. The Kier molecular flexibility index (Phi) is 10.7. The summed E-state index contributed by atoms with van der Waals surface area (Å²) in [5.41, 5.74) is 3.07. The van der Waals surface area contributed by atoms with Gasteiger partial charge in [-0.05, 0) is 50.7 Å². The Morgan fingerprint density at radius 3 is 2.67 bits per heavy atom. The van der Waals surface area contributed by atoms with Crippen molar-refractivity contribution in [2.75, 3.05) is 19.7 Å². The predicted molar refractivity (Wildman–Crippen MR) is 139 cm³/mol. The van der Waals surface area contributed by atoms with E-state index < -0.39 is 11.7 Å². The molecular weight excluding hydrogens is 484 g/mol. The monoisotopic (exact) mass is 518 g/mol. The van der Waals surface area contributed by atoms with Gasteiger partial charge in [0.25, 0.3) is 5.91 Å². The predicted octanol–water partition coefficient (Wildman–Crippen LogP) is 5.25. The molecule has 0 aliphatic carbocycles. The van der Waals surface area contributed by atoms with E-state index in [1.165, 1.54) is 6.08 Å². The van der Waals surface area contributed by atoms with Crippen LogP contribution in [0.25, 0.3) is 6.08 Å². The molecule has 2 aliphatic heterocycles. The molecule has 1 atom stereocenters. The molecule has 3 rings (SSSR count). The summed E-state index contributed by atoms with van der Waals surface area (Å²) >= 11 is 6.37. The Hall–Kier alpha value is -2.97. The number of phenolic OH excluding ortho intramolecular Hbond substituents is 2. The molecule has 36 heavy (non-hydrogen) atoms. The maximum absolute atomic E-state index is 13.1. The summed E-state index contributed by atoms with van der Waals surface area (Å²) in [5, 5.41) is 20.7. The first-order chi connectivity index (χ1) is 17.4. The highest BCUT2D eigenvalue weighted by molar-refractivity contribution is 6.34. The van der Waals surface area contributed by atoms with Crippen molar-refractivity contribution in [2.24, 2.45) is 0 Å². The van der Waals surface area contributed by atoms with Crippen molar-refractivity contribution >= 4 is 29.6 Å². The number of hydrogen-bond donors (Lipinski definition) is 3. The molecule has 1 saturated heterocycles. The number of amides is 1. The molecule has 1 aromatic carbocycles. The Balaban J connectivity index is 1.90. The molecule has 3 N–H and O–H groups in total.